The molecule has 5 nitrogen and oxygen atoms in total. The minimum Gasteiger partial charge on any atom is -0.393 e. The van der Waals surface area contributed by atoms with Crippen molar-refractivity contribution in [1.29, 1.82) is 0 Å². The van der Waals surface area contributed by atoms with Crippen LogP contribution in [0.3, 0.4) is 0 Å². The molecular formula is C15H20ClFN2O3. The summed E-state index contributed by atoms with van der Waals surface area (Å²) in [6, 6.07) is 3.92. The number of amides is 2. The largest absolute Gasteiger partial charge is 0.393 e. The lowest BCUT2D eigenvalue weighted by molar-refractivity contribution is -0.120. The Bertz CT molecular complexity index is 517. The Labute approximate surface area is 133 Å². The van der Waals surface area contributed by atoms with Crippen molar-refractivity contribution in [2.75, 3.05) is 13.1 Å². The molecule has 0 aromatic heterocycles. The third kappa shape index (κ3) is 5.99. The van der Waals surface area contributed by atoms with Crippen LogP contribution in [0.15, 0.2) is 18.2 Å². The summed E-state index contributed by atoms with van der Waals surface area (Å²) >= 11 is 5.77. The lowest BCUT2D eigenvalue weighted by Gasteiger charge is -2.14. The molecule has 7 heteroatoms. The first kappa shape index (κ1) is 18.4. The standard InChI is InChI=1S/C15H20ClFN2O3/c1-9(6-10(2)20)7-18-13(21)8-19-15(22)14-11(16)4-3-5-12(14)17/h3-5,9-10,20H,6-8H2,1-2H3,(H,18,21)(H,19,22). The molecule has 22 heavy (non-hydrogen) atoms. The van der Waals surface area contributed by atoms with Gasteiger partial charge in [-0.3, -0.25) is 9.59 Å². The van der Waals surface area contributed by atoms with Gasteiger partial charge >= 0.3 is 0 Å². The summed E-state index contributed by atoms with van der Waals surface area (Å²) in [7, 11) is 0. The zero-order chi connectivity index (χ0) is 16.7. The van der Waals surface area contributed by atoms with Crippen molar-refractivity contribution < 1.29 is 19.1 Å². The Morgan fingerprint density at radius 3 is 2.59 bits per heavy atom. The molecule has 2 unspecified atom stereocenters. The van der Waals surface area contributed by atoms with E-state index in [9.17, 15) is 19.1 Å². The van der Waals surface area contributed by atoms with Crippen molar-refractivity contribution in [2.24, 2.45) is 5.92 Å². The molecule has 0 aliphatic rings. The smallest absolute Gasteiger partial charge is 0.256 e. The molecule has 1 rings (SSSR count). The highest BCUT2D eigenvalue weighted by Crippen LogP contribution is 2.18. The van der Waals surface area contributed by atoms with Crippen LogP contribution < -0.4 is 10.6 Å². The van der Waals surface area contributed by atoms with E-state index in [4.69, 9.17) is 11.6 Å². The van der Waals surface area contributed by atoms with Crippen LogP contribution in [0.1, 0.15) is 30.6 Å². The topological polar surface area (TPSA) is 78.4 Å². The van der Waals surface area contributed by atoms with Crippen molar-refractivity contribution in [2.45, 2.75) is 26.4 Å². The molecular weight excluding hydrogens is 311 g/mol. The molecule has 0 heterocycles. The number of carbonyl (C=O) groups is 2. The molecule has 3 N–H and O–H groups in total. The van der Waals surface area contributed by atoms with E-state index in [1.165, 1.54) is 12.1 Å². The van der Waals surface area contributed by atoms with Gasteiger partial charge in [0.15, 0.2) is 0 Å². The summed E-state index contributed by atoms with van der Waals surface area (Å²) in [6.07, 6.45) is 0.132. The second kappa shape index (κ2) is 8.70. The molecule has 1 aromatic rings. The van der Waals surface area contributed by atoms with E-state index < -0.39 is 23.7 Å². The monoisotopic (exact) mass is 330 g/mol. The lowest BCUT2D eigenvalue weighted by Crippen LogP contribution is -2.39. The number of carbonyl (C=O) groups excluding carboxylic acids is 2. The van der Waals surface area contributed by atoms with E-state index in [-0.39, 0.29) is 23.0 Å². The maximum atomic E-state index is 13.5. The van der Waals surface area contributed by atoms with Gasteiger partial charge in [-0.2, -0.15) is 0 Å². The van der Waals surface area contributed by atoms with Crippen molar-refractivity contribution in [1.82, 2.24) is 10.6 Å². The van der Waals surface area contributed by atoms with E-state index in [0.29, 0.717) is 13.0 Å². The van der Waals surface area contributed by atoms with Crippen molar-refractivity contribution in [3.05, 3.63) is 34.6 Å². The number of halogens is 2. The molecule has 0 saturated carbocycles. The van der Waals surface area contributed by atoms with E-state index in [1.807, 2.05) is 6.92 Å². The maximum absolute atomic E-state index is 13.5. The van der Waals surface area contributed by atoms with Crippen molar-refractivity contribution in [3.63, 3.8) is 0 Å². The van der Waals surface area contributed by atoms with Gasteiger partial charge in [-0.25, -0.2) is 4.39 Å². The van der Waals surface area contributed by atoms with Crippen molar-refractivity contribution in [3.8, 4) is 0 Å². The van der Waals surface area contributed by atoms with Gasteiger partial charge in [-0.1, -0.05) is 24.6 Å². The number of hydrogen-bond acceptors (Lipinski definition) is 3. The summed E-state index contributed by atoms with van der Waals surface area (Å²) < 4.78 is 13.5. The minimum atomic E-state index is -0.740. The second-order valence-electron chi connectivity index (χ2n) is 5.27. The Balaban J connectivity index is 2.43. The molecule has 122 valence electrons. The number of benzene rings is 1. The van der Waals surface area contributed by atoms with Crippen LogP contribution in [-0.4, -0.2) is 36.1 Å². The summed E-state index contributed by atoms with van der Waals surface area (Å²) in [4.78, 5) is 23.4. The number of aliphatic hydroxyl groups excluding tert-OH is 1. The summed E-state index contributed by atoms with van der Waals surface area (Å²) in [5.74, 6) is -1.76. The summed E-state index contributed by atoms with van der Waals surface area (Å²) in [5.41, 5.74) is -0.278. The van der Waals surface area contributed by atoms with Crippen molar-refractivity contribution >= 4 is 23.4 Å². The Kier molecular flexibility index (Phi) is 7.27. The van der Waals surface area contributed by atoms with Crippen LogP contribution in [-0.2, 0) is 4.79 Å². The Morgan fingerprint density at radius 1 is 1.32 bits per heavy atom. The molecule has 2 atom stereocenters. The first-order chi connectivity index (χ1) is 10.3. The van der Waals surface area contributed by atoms with Crippen LogP contribution in [0.25, 0.3) is 0 Å². The quantitative estimate of drug-likeness (QED) is 0.712. The molecule has 0 bridgehead atoms. The molecule has 0 radical (unpaired) electrons. The van der Waals surface area contributed by atoms with Crippen LogP contribution >= 0.6 is 11.6 Å². The zero-order valence-corrected chi connectivity index (χ0v) is 13.3. The van der Waals surface area contributed by atoms with Gasteiger partial charge in [0, 0.05) is 6.54 Å². The van der Waals surface area contributed by atoms with Gasteiger partial charge in [0.2, 0.25) is 5.91 Å². The number of rotatable bonds is 7. The maximum Gasteiger partial charge on any atom is 0.256 e. The fourth-order valence-electron chi connectivity index (χ4n) is 1.98. The summed E-state index contributed by atoms with van der Waals surface area (Å²) in [6.45, 7) is 3.69. The predicted molar refractivity (Wildman–Crippen MR) is 82.2 cm³/mol. The van der Waals surface area contributed by atoms with E-state index in [2.05, 4.69) is 10.6 Å². The number of hydrogen-bond donors (Lipinski definition) is 3. The average Bonchev–Trinajstić information content (AvgIpc) is 2.42. The highest BCUT2D eigenvalue weighted by atomic mass is 35.5. The van der Waals surface area contributed by atoms with Crippen LogP contribution in [0.2, 0.25) is 5.02 Å². The lowest BCUT2D eigenvalue weighted by atomic mass is 10.0. The molecule has 0 spiro atoms. The highest BCUT2D eigenvalue weighted by Gasteiger charge is 2.16. The molecule has 1 aromatic carbocycles. The molecule has 0 aliphatic heterocycles. The van der Waals surface area contributed by atoms with Crippen LogP contribution in [0.5, 0.6) is 0 Å². The minimum absolute atomic E-state index is 0.0107. The van der Waals surface area contributed by atoms with Gasteiger partial charge in [-0.05, 0) is 31.4 Å². The number of nitrogens with one attached hydrogen (secondary N) is 2. The molecule has 2 amide bonds. The SMILES string of the molecule is CC(O)CC(C)CNC(=O)CNC(=O)c1c(F)cccc1Cl. The fourth-order valence-corrected chi connectivity index (χ4v) is 2.23. The normalized spacial score (nSPS) is 13.3. The zero-order valence-electron chi connectivity index (χ0n) is 12.5. The third-order valence-electron chi connectivity index (χ3n) is 2.99. The fraction of sp³-hybridized carbons (Fsp3) is 0.467. The van der Waals surface area contributed by atoms with Gasteiger partial charge in [-0.15, -0.1) is 0 Å². The predicted octanol–water partition coefficient (Wildman–Crippen LogP) is 1.73. The van der Waals surface area contributed by atoms with Gasteiger partial charge in [0.05, 0.1) is 23.2 Å². The highest BCUT2D eigenvalue weighted by molar-refractivity contribution is 6.33. The molecule has 0 fully saturated rings. The van der Waals surface area contributed by atoms with Gasteiger partial charge in [0.25, 0.3) is 5.91 Å². The van der Waals surface area contributed by atoms with E-state index in [0.717, 1.165) is 6.07 Å². The van der Waals surface area contributed by atoms with Crippen LogP contribution in [0.4, 0.5) is 4.39 Å². The number of aliphatic hydroxyl groups is 1. The Morgan fingerprint density at radius 2 is 2.00 bits per heavy atom. The molecule has 0 aliphatic carbocycles. The van der Waals surface area contributed by atoms with E-state index in [1.54, 1.807) is 6.92 Å². The first-order valence-electron chi connectivity index (χ1n) is 6.98. The average molecular weight is 331 g/mol. The Hall–Kier alpha value is -1.66. The summed E-state index contributed by atoms with van der Waals surface area (Å²) in [5, 5.41) is 14.2. The second-order valence-corrected chi connectivity index (χ2v) is 5.68. The molecule has 0 saturated heterocycles. The van der Waals surface area contributed by atoms with Crippen LogP contribution in [0, 0.1) is 11.7 Å². The third-order valence-corrected chi connectivity index (χ3v) is 3.31. The van der Waals surface area contributed by atoms with Gasteiger partial charge < -0.3 is 15.7 Å². The first-order valence-corrected chi connectivity index (χ1v) is 7.36. The van der Waals surface area contributed by atoms with E-state index >= 15 is 0 Å². The van der Waals surface area contributed by atoms with Gasteiger partial charge in [0.1, 0.15) is 5.82 Å².